The van der Waals surface area contributed by atoms with E-state index in [9.17, 15) is 14.0 Å². The Bertz CT molecular complexity index is 891. The minimum atomic E-state index is -1.12. The van der Waals surface area contributed by atoms with Crippen LogP contribution in [0.1, 0.15) is 11.1 Å². The summed E-state index contributed by atoms with van der Waals surface area (Å²) in [5, 5.41) is 9.13. The number of carboxylic acid groups (broad SMARTS) is 1. The number of carbonyl (C=O) groups is 2. The van der Waals surface area contributed by atoms with E-state index in [0.29, 0.717) is 17.0 Å². The zero-order valence-corrected chi connectivity index (χ0v) is 14.1. The number of hydrogen-bond donors (Lipinski definition) is 1. The Kier molecular flexibility index (Phi) is 3.61. The molecule has 2 aliphatic rings. The van der Waals surface area contributed by atoms with Crippen LogP contribution in [0.15, 0.2) is 42.5 Å². The summed E-state index contributed by atoms with van der Waals surface area (Å²) in [6.07, 6.45) is -1.10. The van der Waals surface area contributed by atoms with Gasteiger partial charge >= 0.3 is 6.09 Å². The molecule has 0 radical (unpaired) electrons. The fourth-order valence-electron chi connectivity index (χ4n) is 3.79. The number of carbonyl (C=O) groups excluding carboxylic acids is 1. The average Bonchev–Trinajstić information content (AvgIpc) is 2.84. The smallest absolute Gasteiger partial charge is 0.407 e. The van der Waals surface area contributed by atoms with Gasteiger partial charge in [-0.1, -0.05) is 18.2 Å². The van der Waals surface area contributed by atoms with Crippen molar-refractivity contribution in [1.82, 2.24) is 4.90 Å². The van der Waals surface area contributed by atoms with Crippen LogP contribution in [0.25, 0.3) is 0 Å². The number of nitrogens with zero attached hydrogens (tertiary/aromatic N) is 2. The van der Waals surface area contributed by atoms with Gasteiger partial charge < -0.3 is 19.6 Å². The van der Waals surface area contributed by atoms with Gasteiger partial charge in [-0.05, 0) is 29.8 Å². The predicted molar refractivity (Wildman–Crippen MR) is 91.9 cm³/mol. The summed E-state index contributed by atoms with van der Waals surface area (Å²) in [5.74, 6) is -0.0236. The van der Waals surface area contributed by atoms with Crippen LogP contribution in [0.3, 0.4) is 0 Å². The molecule has 2 aromatic carbocycles. The number of methoxy groups -OCH3 is 1. The van der Waals surface area contributed by atoms with Gasteiger partial charge in [0, 0.05) is 18.7 Å². The summed E-state index contributed by atoms with van der Waals surface area (Å²) in [6.45, 7) is 0.247. The Morgan fingerprint density at radius 3 is 2.54 bits per heavy atom. The lowest BCUT2D eigenvalue weighted by Crippen LogP contribution is -2.65. The topological polar surface area (TPSA) is 70.1 Å². The summed E-state index contributed by atoms with van der Waals surface area (Å²) in [4.78, 5) is 27.0. The number of halogens is 1. The molecule has 1 fully saturated rings. The molecule has 1 spiro atoms. The number of amides is 2. The maximum atomic E-state index is 14.6. The van der Waals surface area contributed by atoms with Crippen LogP contribution in [-0.4, -0.2) is 42.2 Å². The van der Waals surface area contributed by atoms with E-state index < -0.39 is 17.3 Å². The van der Waals surface area contributed by atoms with Crippen LogP contribution < -0.4 is 9.64 Å². The highest BCUT2D eigenvalue weighted by Crippen LogP contribution is 2.49. The van der Waals surface area contributed by atoms with Gasteiger partial charge in [0.2, 0.25) is 5.91 Å². The van der Waals surface area contributed by atoms with Crippen LogP contribution in [0, 0.1) is 5.82 Å². The lowest BCUT2D eigenvalue weighted by Gasteiger charge is -2.45. The quantitative estimate of drug-likeness (QED) is 0.918. The second-order valence-corrected chi connectivity index (χ2v) is 6.59. The number of anilines is 1. The first kappa shape index (κ1) is 16.4. The van der Waals surface area contributed by atoms with E-state index in [-0.39, 0.29) is 25.5 Å². The van der Waals surface area contributed by atoms with Crippen LogP contribution in [0.5, 0.6) is 5.75 Å². The zero-order chi connectivity index (χ0) is 18.5. The standard InChI is InChI=1S/C19H17FN2O4/c1-26-13-7-5-12(6-8-13)9-22-15-4-2-3-14(20)16(15)19(17(22)23)10-21(11-19)18(24)25/h2-8H,9-11H2,1H3,(H,24,25). The van der Waals surface area contributed by atoms with Crippen molar-refractivity contribution in [3.05, 3.63) is 59.4 Å². The van der Waals surface area contributed by atoms with Crippen molar-refractivity contribution in [1.29, 1.82) is 0 Å². The maximum Gasteiger partial charge on any atom is 0.407 e. The van der Waals surface area contributed by atoms with Crippen molar-refractivity contribution >= 4 is 17.7 Å². The molecule has 2 aromatic rings. The highest BCUT2D eigenvalue weighted by molar-refractivity contribution is 6.09. The van der Waals surface area contributed by atoms with Crippen molar-refractivity contribution in [2.45, 2.75) is 12.0 Å². The average molecular weight is 356 g/mol. The first-order valence-corrected chi connectivity index (χ1v) is 8.18. The fraction of sp³-hybridized carbons (Fsp3) is 0.263. The van der Waals surface area contributed by atoms with E-state index in [0.717, 1.165) is 10.5 Å². The van der Waals surface area contributed by atoms with E-state index in [4.69, 9.17) is 9.84 Å². The number of benzene rings is 2. The molecule has 4 rings (SSSR count). The molecule has 0 atom stereocenters. The number of likely N-dealkylation sites (tertiary alicyclic amines) is 1. The van der Waals surface area contributed by atoms with Gasteiger partial charge in [-0.15, -0.1) is 0 Å². The van der Waals surface area contributed by atoms with E-state index in [1.54, 1.807) is 36.3 Å². The van der Waals surface area contributed by atoms with Crippen molar-refractivity contribution in [2.75, 3.05) is 25.1 Å². The molecular formula is C19H17FN2O4. The molecule has 0 unspecified atom stereocenters. The molecule has 0 aromatic heterocycles. The first-order chi connectivity index (χ1) is 12.5. The summed E-state index contributed by atoms with van der Waals surface area (Å²) >= 11 is 0. The number of hydrogen-bond acceptors (Lipinski definition) is 3. The molecular weight excluding hydrogens is 339 g/mol. The van der Waals surface area contributed by atoms with Crippen molar-refractivity contribution < 1.29 is 23.8 Å². The molecule has 1 N–H and O–H groups in total. The molecule has 2 amide bonds. The third-order valence-electron chi connectivity index (χ3n) is 5.11. The van der Waals surface area contributed by atoms with Crippen LogP contribution in [0.2, 0.25) is 0 Å². The highest BCUT2D eigenvalue weighted by Gasteiger charge is 2.60. The van der Waals surface area contributed by atoms with E-state index in [1.165, 1.54) is 6.07 Å². The monoisotopic (exact) mass is 356 g/mol. The number of rotatable bonds is 3. The van der Waals surface area contributed by atoms with E-state index >= 15 is 0 Å². The first-order valence-electron chi connectivity index (χ1n) is 8.18. The maximum absolute atomic E-state index is 14.6. The Labute approximate surface area is 149 Å². The van der Waals surface area contributed by atoms with Gasteiger partial charge in [0.15, 0.2) is 0 Å². The van der Waals surface area contributed by atoms with E-state index in [2.05, 4.69) is 0 Å². The zero-order valence-electron chi connectivity index (χ0n) is 14.1. The van der Waals surface area contributed by atoms with Gasteiger partial charge in [-0.25, -0.2) is 9.18 Å². The van der Waals surface area contributed by atoms with Crippen molar-refractivity contribution in [3.63, 3.8) is 0 Å². The largest absolute Gasteiger partial charge is 0.497 e. The minimum absolute atomic E-state index is 0.0196. The Balaban J connectivity index is 1.70. The van der Waals surface area contributed by atoms with Crippen LogP contribution >= 0.6 is 0 Å². The van der Waals surface area contributed by atoms with Gasteiger partial charge in [-0.2, -0.15) is 0 Å². The Hall–Kier alpha value is -3.09. The Morgan fingerprint density at radius 2 is 1.92 bits per heavy atom. The molecule has 26 heavy (non-hydrogen) atoms. The summed E-state index contributed by atoms with van der Waals surface area (Å²) in [7, 11) is 1.58. The molecule has 0 aliphatic carbocycles. The van der Waals surface area contributed by atoms with E-state index in [1.807, 2.05) is 12.1 Å². The predicted octanol–water partition coefficient (Wildman–Crippen LogP) is 2.61. The minimum Gasteiger partial charge on any atom is -0.497 e. The molecule has 134 valence electrons. The Morgan fingerprint density at radius 1 is 1.23 bits per heavy atom. The van der Waals surface area contributed by atoms with Crippen molar-refractivity contribution in [3.8, 4) is 5.75 Å². The third-order valence-corrected chi connectivity index (χ3v) is 5.11. The molecule has 2 aliphatic heterocycles. The summed E-state index contributed by atoms with van der Waals surface area (Å²) in [5.41, 5.74) is 0.568. The molecule has 0 bridgehead atoms. The van der Waals surface area contributed by atoms with Crippen molar-refractivity contribution in [2.24, 2.45) is 0 Å². The lowest BCUT2D eigenvalue weighted by atomic mass is 9.74. The third kappa shape index (κ3) is 2.23. The SMILES string of the molecule is COc1ccc(CN2C(=O)C3(CN(C(=O)O)C3)c3c(F)cccc32)cc1. The molecule has 2 heterocycles. The highest BCUT2D eigenvalue weighted by atomic mass is 19.1. The molecule has 6 nitrogen and oxygen atoms in total. The molecule has 0 saturated carbocycles. The normalized spacial score (nSPS) is 17.2. The van der Waals surface area contributed by atoms with Gasteiger partial charge in [0.25, 0.3) is 0 Å². The van der Waals surface area contributed by atoms with Gasteiger partial charge in [0.05, 0.1) is 19.3 Å². The van der Waals surface area contributed by atoms with Gasteiger partial charge in [0.1, 0.15) is 17.0 Å². The van der Waals surface area contributed by atoms with Gasteiger partial charge in [-0.3, -0.25) is 4.79 Å². The molecule has 7 heteroatoms. The lowest BCUT2D eigenvalue weighted by molar-refractivity contribution is -0.128. The molecule has 1 saturated heterocycles. The summed E-state index contributed by atoms with van der Waals surface area (Å²) in [6, 6.07) is 11.9. The number of ether oxygens (including phenoxy) is 1. The second kappa shape index (κ2) is 5.72. The summed E-state index contributed by atoms with van der Waals surface area (Å²) < 4.78 is 19.7. The fourth-order valence-corrected chi connectivity index (χ4v) is 3.79. The second-order valence-electron chi connectivity index (χ2n) is 6.59. The van der Waals surface area contributed by atoms with Crippen LogP contribution in [0.4, 0.5) is 14.9 Å². The van der Waals surface area contributed by atoms with Crippen LogP contribution in [-0.2, 0) is 16.8 Å². The number of fused-ring (bicyclic) bond motifs is 2.